The molecule has 0 aliphatic carbocycles. The molecule has 0 atom stereocenters. The van der Waals surface area contributed by atoms with Gasteiger partial charge < -0.3 is 4.98 Å². The van der Waals surface area contributed by atoms with Crippen molar-refractivity contribution in [3.63, 3.8) is 0 Å². The molecular formula is C13H13ClN2. The van der Waals surface area contributed by atoms with E-state index in [1.54, 1.807) is 0 Å². The van der Waals surface area contributed by atoms with E-state index in [0.717, 1.165) is 36.0 Å². The molecule has 0 radical (unpaired) electrons. The molecule has 0 bridgehead atoms. The second-order valence-electron chi connectivity index (χ2n) is 3.85. The Bertz CT molecular complexity index is 522. The summed E-state index contributed by atoms with van der Waals surface area (Å²) in [5, 5.41) is 9.91. The topological polar surface area (TPSA) is 39.6 Å². The molecule has 0 amide bonds. The molecule has 0 aliphatic heterocycles. The lowest BCUT2D eigenvalue weighted by Crippen LogP contribution is -1.85. The summed E-state index contributed by atoms with van der Waals surface area (Å²) >= 11 is 5.64. The predicted molar refractivity (Wildman–Crippen MR) is 66.7 cm³/mol. The second-order valence-corrected chi connectivity index (χ2v) is 4.23. The van der Waals surface area contributed by atoms with E-state index in [4.69, 9.17) is 16.9 Å². The number of H-pyrrole nitrogens is 1. The first-order valence-electron chi connectivity index (χ1n) is 5.41. The highest BCUT2D eigenvalue weighted by Crippen LogP contribution is 2.18. The minimum atomic E-state index is 0.707. The number of nitrogens with zero attached hydrogens (tertiary/aromatic N) is 1. The quantitative estimate of drug-likeness (QED) is 0.635. The summed E-state index contributed by atoms with van der Waals surface area (Å²) in [6.45, 7) is 0. The highest BCUT2D eigenvalue weighted by atomic mass is 35.5. The van der Waals surface area contributed by atoms with E-state index in [1.807, 2.05) is 18.2 Å². The number of hydrogen-bond acceptors (Lipinski definition) is 1. The number of rotatable bonds is 4. The summed E-state index contributed by atoms with van der Waals surface area (Å²) in [6.07, 6.45) is 3.16. The van der Waals surface area contributed by atoms with Crippen LogP contribution in [-0.2, 0) is 6.42 Å². The first-order valence-corrected chi connectivity index (χ1v) is 5.94. The van der Waals surface area contributed by atoms with E-state index < -0.39 is 0 Å². The normalized spacial score (nSPS) is 10.5. The molecule has 2 rings (SSSR count). The fraction of sp³-hybridized carbons (Fsp3) is 0.308. The molecule has 0 aliphatic rings. The third kappa shape index (κ3) is 2.37. The Morgan fingerprint density at radius 1 is 1.25 bits per heavy atom. The van der Waals surface area contributed by atoms with Gasteiger partial charge in [0.15, 0.2) is 0 Å². The Kier molecular flexibility index (Phi) is 3.48. The zero-order valence-electron chi connectivity index (χ0n) is 8.96. The van der Waals surface area contributed by atoms with E-state index >= 15 is 0 Å². The number of benzene rings is 1. The Labute approximate surface area is 99.8 Å². The van der Waals surface area contributed by atoms with Crippen LogP contribution in [0, 0.1) is 11.3 Å². The minimum Gasteiger partial charge on any atom is -0.358 e. The number of nitriles is 1. The van der Waals surface area contributed by atoms with Crippen LogP contribution in [0.25, 0.3) is 10.9 Å². The number of alkyl halides is 1. The summed E-state index contributed by atoms with van der Waals surface area (Å²) in [5.41, 5.74) is 3.02. The number of unbranched alkanes of at least 4 members (excludes halogenated alkanes) is 1. The lowest BCUT2D eigenvalue weighted by Gasteiger charge is -1.94. The van der Waals surface area contributed by atoms with Gasteiger partial charge in [0.05, 0.1) is 11.6 Å². The van der Waals surface area contributed by atoms with Gasteiger partial charge in [0, 0.05) is 22.5 Å². The van der Waals surface area contributed by atoms with Gasteiger partial charge in [0.1, 0.15) is 0 Å². The number of fused-ring (bicyclic) bond motifs is 1. The van der Waals surface area contributed by atoms with Gasteiger partial charge in [-0.25, -0.2) is 0 Å². The smallest absolute Gasteiger partial charge is 0.0991 e. The molecule has 0 fully saturated rings. The van der Waals surface area contributed by atoms with Crippen LogP contribution >= 0.6 is 11.6 Å². The van der Waals surface area contributed by atoms with Crippen molar-refractivity contribution in [2.45, 2.75) is 19.3 Å². The number of aromatic nitrogens is 1. The second kappa shape index (κ2) is 5.05. The third-order valence-electron chi connectivity index (χ3n) is 2.64. The lowest BCUT2D eigenvalue weighted by atomic mass is 10.1. The largest absolute Gasteiger partial charge is 0.358 e. The molecule has 1 N–H and O–H groups in total. The van der Waals surface area contributed by atoms with Crippen LogP contribution in [0.1, 0.15) is 24.1 Å². The molecule has 0 saturated carbocycles. The average molecular weight is 233 g/mol. The number of aromatic amines is 1. The van der Waals surface area contributed by atoms with Crippen molar-refractivity contribution in [3.05, 3.63) is 35.5 Å². The lowest BCUT2D eigenvalue weighted by molar-refractivity contribution is 0.787. The van der Waals surface area contributed by atoms with Crippen LogP contribution < -0.4 is 0 Å². The number of hydrogen-bond donors (Lipinski definition) is 1. The third-order valence-corrected chi connectivity index (χ3v) is 2.90. The number of aryl methyl sites for hydroxylation is 1. The number of halogens is 1. The standard InChI is InChI=1S/C13H13ClN2/c14-6-2-1-3-12-8-11-7-10(9-15)4-5-13(11)16-12/h4-5,7-8,16H,1-3,6H2. The van der Waals surface area contributed by atoms with Gasteiger partial charge in [-0.15, -0.1) is 11.6 Å². The fourth-order valence-corrected chi connectivity index (χ4v) is 2.00. The van der Waals surface area contributed by atoms with Crippen molar-refractivity contribution in [3.8, 4) is 6.07 Å². The molecule has 1 heterocycles. The van der Waals surface area contributed by atoms with Crippen LogP contribution in [0.2, 0.25) is 0 Å². The van der Waals surface area contributed by atoms with Crippen molar-refractivity contribution in [2.75, 3.05) is 5.88 Å². The van der Waals surface area contributed by atoms with Gasteiger partial charge in [-0.3, -0.25) is 0 Å². The van der Waals surface area contributed by atoms with Crippen LogP contribution in [-0.4, -0.2) is 10.9 Å². The van der Waals surface area contributed by atoms with Crippen LogP contribution in [0.4, 0.5) is 0 Å². The first-order chi connectivity index (χ1) is 7.83. The molecule has 0 spiro atoms. The van der Waals surface area contributed by atoms with E-state index in [0.29, 0.717) is 5.56 Å². The maximum absolute atomic E-state index is 8.80. The first kappa shape index (κ1) is 11.0. The highest BCUT2D eigenvalue weighted by molar-refractivity contribution is 6.17. The molecule has 0 unspecified atom stereocenters. The highest BCUT2D eigenvalue weighted by Gasteiger charge is 2.01. The van der Waals surface area contributed by atoms with Crippen molar-refractivity contribution >= 4 is 22.5 Å². The van der Waals surface area contributed by atoms with Crippen molar-refractivity contribution in [1.82, 2.24) is 4.98 Å². The zero-order valence-corrected chi connectivity index (χ0v) is 9.72. The summed E-state index contributed by atoms with van der Waals surface area (Å²) in [7, 11) is 0. The Hall–Kier alpha value is -1.46. The van der Waals surface area contributed by atoms with E-state index in [9.17, 15) is 0 Å². The van der Waals surface area contributed by atoms with Gasteiger partial charge in [-0.2, -0.15) is 5.26 Å². The van der Waals surface area contributed by atoms with Crippen molar-refractivity contribution < 1.29 is 0 Å². The van der Waals surface area contributed by atoms with Crippen LogP contribution in [0.15, 0.2) is 24.3 Å². The van der Waals surface area contributed by atoms with Gasteiger partial charge in [-0.05, 0) is 43.5 Å². The van der Waals surface area contributed by atoms with E-state index in [1.165, 1.54) is 5.69 Å². The Balaban J connectivity index is 2.20. The summed E-state index contributed by atoms with van der Waals surface area (Å²) in [5.74, 6) is 0.721. The Morgan fingerprint density at radius 2 is 2.12 bits per heavy atom. The molecule has 1 aromatic heterocycles. The fourth-order valence-electron chi connectivity index (χ4n) is 1.81. The molecular weight excluding hydrogens is 220 g/mol. The average Bonchev–Trinajstić information content (AvgIpc) is 2.70. The van der Waals surface area contributed by atoms with Gasteiger partial charge in [0.25, 0.3) is 0 Å². The number of nitrogens with one attached hydrogen (secondary N) is 1. The summed E-state index contributed by atoms with van der Waals surface area (Å²) in [4.78, 5) is 3.35. The molecule has 0 saturated heterocycles. The molecule has 82 valence electrons. The molecule has 2 aromatic rings. The molecule has 1 aromatic carbocycles. The molecule has 3 heteroatoms. The molecule has 16 heavy (non-hydrogen) atoms. The minimum absolute atomic E-state index is 0.707. The van der Waals surface area contributed by atoms with Crippen molar-refractivity contribution in [2.24, 2.45) is 0 Å². The monoisotopic (exact) mass is 232 g/mol. The van der Waals surface area contributed by atoms with E-state index in [2.05, 4.69) is 17.1 Å². The predicted octanol–water partition coefficient (Wildman–Crippen LogP) is 3.60. The van der Waals surface area contributed by atoms with Gasteiger partial charge in [0.2, 0.25) is 0 Å². The van der Waals surface area contributed by atoms with Gasteiger partial charge >= 0.3 is 0 Å². The molecule has 2 nitrogen and oxygen atoms in total. The van der Waals surface area contributed by atoms with Crippen LogP contribution in [0.3, 0.4) is 0 Å². The zero-order chi connectivity index (χ0) is 11.4. The summed E-state index contributed by atoms with van der Waals surface area (Å²) in [6, 6.07) is 9.97. The Morgan fingerprint density at radius 3 is 2.88 bits per heavy atom. The van der Waals surface area contributed by atoms with Crippen LogP contribution in [0.5, 0.6) is 0 Å². The van der Waals surface area contributed by atoms with Crippen molar-refractivity contribution in [1.29, 1.82) is 5.26 Å². The summed E-state index contributed by atoms with van der Waals surface area (Å²) < 4.78 is 0. The SMILES string of the molecule is N#Cc1ccc2[nH]c(CCCCCl)cc2c1. The maximum atomic E-state index is 8.80. The van der Waals surface area contributed by atoms with E-state index in [-0.39, 0.29) is 0 Å². The van der Waals surface area contributed by atoms with Gasteiger partial charge in [-0.1, -0.05) is 0 Å². The maximum Gasteiger partial charge on any atom is 0.0991 e.